The van der Waals surface area contributed by atoms with Gasteiger partial charge < -0.3 is 19.5 Å². The summed E-state index contributed by atoms with van der Waals surface area (Å²) < 4.78 is 10.1. The molecule has 1 saturated heterocycles. The van der Waals surface area contributed by atoms with Crippen LogP contribution in [0.4, 0.5) is 5.00 Å². The lowest BCUT2D eigenvalue weighted by molar-refractivity contribution is 0.0529. The van der Waals surface area contributed by atoms with Gasteiger partial charge >= 0.3 is 5.97 Å². The number of nitriles is 1. The molecule has 1 aromatic rings. The molecule has 2 rings (SSSR count). The van der Waals surface area contributed by atoms with Gasteiger partial charge in [0.2, 0.25) is 0 Å². The van der Waals surface area contributed by atoms with Crippen molar-refractivity contribution in [2.75, 3.05) is 37.8 Å². The number of hydrogen-bond donors (Lipinski definition) is 1. The van der Waals surface area contributed by atoms with Crippen molar-refractivity contribution in [2.45, 2.75) is 6.92 Å². The molecule has 19 heavy (non-hydrogen) atoms. The zero-order valence-electron chi connectivity index (χ0n) is 10.5. The van der Waals surface area contributed by atoms with Gasteiger partial charge in [-0.2, -0.15) is 5.26 Å². The van der Waals surface area contributed by atoms with E-state index in [1.54, 1.807) is 6.92 Å². The fraction of sp³-hybridized carbons (Fsp3) is 0.500. The summed E-state index contributed by atoms with van der Waals surface area (Å²) >= 11 is 1.09. The lowest BCUT2D eigenvalue weighted by atomic mass is 10.2. The van der Waals surface area contributed by atoms with E-state index in [0.29, 0.717) is 31.3 Å². The van der Waals surface area contributed by atoms with Gasteiger partial charge in [0.25, 0.3) is 0 Å². The number of nitrogens with zero attached hydrogens (tertiary/aromatic N) is 2. The molecule has 0 radical (unpaired) electrons. The molecule has 2 heterocycles. The third kappa shape index (κ3) is 2.64. The molecule has 1 aliphatic heterocycles. The maximum absolute atomic E-state index is 11.7. The van der Waals surface area contributed by atoms with Crippen LogP contribution in [0.2, 0.25) is 0 Å². The van der Waals surface area contributed by atoms with Crippen molar-refractivity contribution in [1.82, 2.24) is 0 Å². The second-order valence-electron chi connectivity index (χ2n) is 3.89. The number of esters is 1. The first-order valence-electron chi connectivity index (χ1n) is 5.94. The Balaban J connectivity index is 2.35. The van der Waals surface area contributed by atoms with Gasteiger partial charge in [-0.1, -0.05) is 0 Å². The Labute approximate surface area is 114 Å². The highest BCUT2D eigenvalue weighted by atomic mass is 32.1. The molecular weight excluding hydrogens is 268 g/mol. The summed E-state index contributed by atoms with van der Waals surface area (Å²) in [5.41, 5.74) is 0.134. The zero-order valence-corrected chi connectivity index (χ0v) is 11.3. The van der Waals surface area contributed by atoms with Crippen LogP contribution in [0.25, 0.3) is 0 Å². The molecule has 1 aromatic heterocycles. The van der Waals surface area contributed by atoms with Gasteiger partial charge in [0.1, 0.15) is 16.6 Å². The number of hydrogen-bond acceptors (Lipinski definition) is 7. The molecule has 0 unspecified atom stereocenters. The first-order valence-corrected chi connectivity index (χ1v) is 6.76. The van der Waals surface area contributed by atoms with Gasteiger partial charge in [-0.05, 0) is 6.92 Å². The Hall–Kier alpha value is -1.78. The molecule has 0 aliphatic carbocycles. The minimum absolute atomic E-state index is 0.0832. The summed E-state index contributed by atoms with van der Waals surface area (Å²) in [7, 11) is 0. The van der Waals surface area contributed by atoms with Gasteiger partial charge in [0, 0.05) is 13.1 Å². The van der Waals surface area contributed by atoms with Gasteiger partial charge in [0.15, 0.2) is 10.6 Å². The SMILES string of the molecule is CCOC(=O)c1sc(N2CCOCC2)c(C#N)c1O. The van der Waals surface area contributed by atoms with E-state index < -0.39 is 5.97 Å². The first kappa shape index (κ1) is 13.6. The largest absolute Gasteiger partial charge is 0.505 e. The lowest BCUT2D eigenvalue weighted by Crippen LogP contribution is -2.36. The van der Waals surface area contributed by atoms with Crippen LogP contribution >= 0.6 is 11.3 Å². The molecule has 0 amide bonds. The van der Waals surface area contributed by atoms with Crippen LogP contribution in [0.15, 0.2) is 0 Å². The van der Waals surface area contributed by atoms with Crippen LogP contribution in [0, 0.1) is 11.3 Å². The summed E-state index contributed by atoms with van der Waals surface area (Å²) in [4.78, 5) is 13.7. The summed E-state index contributed by atoms with van der Waals surface area (Å²) in [6.07, 6.45) is 0. The number of carbonyl (C=O) groups excluding carboxylic acids is 1. The van der Waals surface area contributed by atoms with Crippen LogP contribution in [-0.2, 0) is 9.47 Å². The smallest absolute Gasteiger partial charge is 0.352 e. The second-order valence-corrected chi connectivity index (χ2v) is 4.89. The number of ether oxygens (including phenoxy) is 2. The average molecular weight is 282 g/mol. The molecule has 1 fully saturated rings. The van der Waals surface area contributed by atoms with Crippen LogP contribution in [0.5, 0.6) is 5.75 Å². The molecule has 1 N–H and O–H groups in total. The molecule has 0 atom stereocenters. The van der Waals surface area contributed by atoms with Crippen molar-refractivity contribution >= 4 is 22.3 Å². The predicted octanol–water partition coefficient (Wildman–Crippen LogP) is 1.34. The standard InChI is InChI=1S/C12H14N2O4S/c1-2-18-12(16)10-9(15)8(7-13)11(19-10)14-3-5-17-6-4-14/h15H,2-6H2,1H3. The van der Waals surface area contributed by atoms with Gasteiger partial charge in [-0.3, -0.25) is 0 Å². The van der Waals surface area contributed by atoms with E-state index in [4.69, 9.17) is 14.7 Å². The third-order valence-corrected chi connectivity index (χ3v) is 3.96. The zero-order chi connectivity index (χ0) is 13.8. The second kappa shape index (κ2) is 5.91. The molecule has 102 valence electrons. The predicted molar refractivity (Wildman–Crippen MR) is 69.7 cm³/mol. The van der Waals surface area contributed by atoms with Crippen molar-refractivity contribution < 1.29 is 19.4 Å². The van der Waals surface area contributed by atoms with Crippen LogP contribution in [0.3, 0.4) is 0 Å². The number of rotatable bonds is 3. The number of aromatic hydroxyl groups is 1. The van der Waals surface area contributed by atoms with Crippen molar-refractivity contribution in [3.63, 3.8) is 0 Å². The van der Waals surface area contributed by atoms with Crippen molar-refractivity contribution in [2.24, 2.45) is 0 Å². The molecule has 0 bridgehead atoms. The first-order chi connectivity index (χ1) is 9.19. The minimum Gasteiger partial charge on any atom is -0.505 e. The normalized spacial score (nSPS) is 15.1. The summed E-state index contributed by atoms with van der Waals surface area (Å²) in [6.45, 7) is 4.33. The van der Waals surface area contributed by atoms with E-state index in [0.717, 1.165) is 11.3 Å². The quantitative estimate of drug-likeness (QED) is 0.842. The van der Waals surface area contributed by atoms with Crippen molar-refractivity contribution in [3.8, 4) is 11.8 Å². The Morgan fingerprint density at radius 1 is 1.58 bits per heavy atom. The van der Waals surface area contributed by atoms with Crippen LogP contribution in [-0.4, -0.2) is 44.0 Å². The molecule has 6 nitrogen and oxygen atoms in total. The van der Waals surface area contributed by atoms with E-state index >= 15 is 0 Å². The monoisotopic (exact) mass is 282 g/mol. The highest BCUT2D eigenvalue weighted by molar-refractivity contribution is 7.18. The van der Waals surface area contributed by atoms with Gasteiger partial charge in [-0.25, -0.2) is 4.79 Å². The van der Waals surface area contributed by atoms with Crippen LogP contribution in [0.1, 0.15) is 22.2 Å². The Morgan fingerprint density at radius 3 is 2.84 bits per heavy atom. The Morgan fingerprint density at radius 2 is 2.26 bits per heavy atom. The van der Waals surface area contributed by atoms with Crippen molar-refractivity contribution in [1.29, 1.82) is 5.26 Å². The lowest BCUT2D eigenvalue weighted by Gasteiger charge is -2.27. The fourth-order valence-electron chi connectivity index (χ4n) is 1.84. The number of thiophene rings is 1. The fourth-order valence-corrected chi connectivity index (χ4v) is 2.93. The van der Waals surface area contributed by atoms with E-state index in [2.05, 4.69) is 0 Å². The highest BCUT2D eigenvalue weighted by Gasteiger charge is 2.27. The van der Waals surface area contributed by atoms with E-state index in [9.17, 15) is 9.90 Å². The third-order valence-electron chi connectivity index (χ3n) is 2.74. The topological polar surface area (TPSA) is 82.8 Å². The highest BCUT2D eigenvalue weighted by Crippen LogP contribution is 2.41. The Bertz CT molecular complexity index is 515. The molecule has 7 heteroatoms. The Kier molecular flexibility index (Phi) is 4.24. The molecule has 1 aliphatic rings. The average Bonchev–Trinajstić information content (AvgIpc) is 2.77. The summed E-state index contributed by atoms with van der Waals surface area (Å²) in [5, 5.41) is 19.7. The van der Waals surface area contributed by atoms with E-state index in [1.807, 2.05) is 11.0 Å². The maximum Gasteiger partial charge on any atom is 0.352 e. The van der Waals surface area contributed by atoms with Crippen LogP contribution < -0.4 is 4.90 Å². The molecular formula is C12H14N2O4S. The number of carbonyl (C=O) groups is 1. The summed E-state index contributed by atoms with van der Waals surface area (Å²) in [5.74, 6) is -0.881. The van der Waals surface area contributed by atoms with E-state index in [-0.39, 0.29) is 22.8 Å². The number of anilines is 1. The van der Waals surface area contributed by atoms with Gasteiger partial charge in [0.05, 0.1) is 19.8 Å². The van der Waals surface area contributed by atoms with Crippen molar-refractivity contribution in [3.05, 3.63) is 10.4 Å². The summed E-state index contributed by atoms with van der Waals surface area (Å²) in [6, 6.07) is 1.95. The molecule has 0 aromatic carbocycles. The molecule has 0 saturated carbocycles. The maximum atomic E-state index is 11.7. The molecule has 0 spiro atoms. The van der Waals surface area contributed by atoms with Gasteiger partial charge in [-0.15, -0.1) is 11.3 Å². The number of morpholine rings is 1. The minimum atomic E-state index is -0.596. The van der Waals surface area contributed by atoms with E-state index in [1.165, 1.54) is 0 Å².